The number of aromatic nitrogens is 2. The fraction of sp³-hybridized carbons (Fsp3) is 0.0870. The summed E-state index contributed by atoms with van der Waals surface area (Å²) in [7, 11) is 0. The van der Waals surface area contributed by atoms with Crippen molar-refractivity contribution < 1.29 is 5.11 Å². The van der Waals surface area contributed by atoms with Gasteiger partial charge in [0.25, 0.3) is 0 Å². The first-order chi connectivity index (χ1) is 13.4. The molecule has 2 N–H and O–H groups in total. The van der Waals surface area contributed by atoms with Crippen LogP contribution < -0.4 is 0 Å². The summed E-state index contributed by atoms with van der Waals surface area (Å²) in [5, 5.41) is 10.1. The Morgan fingerprint density at radius 2 is 1.25 bits per heavy atom. The molecule has 3 aromatic carbocycles. The van der Waals surface area contributed by atoms with Crippen molar-refractivity contribution in [1.29, 1.82) is 0 Å². The summed E-state index contributed by atoms with van der Waals surface area (Å²) in [6.45, 7) is 3.81. The van der Waals surface area contributed by atoms with E-state index in [1.54, 1.807) is 0 Å². The number of phenolic OH excluding ortho intramolecular Hbond substituents is 1. The lowest BCUT2D eigenvalue weighted by Gasteiger charge is -2.06. The molecule has 0 bridgehead atoms. The average molecular weight is 498 g/mol. The maximum atomic E-state index is 10.1. The zero-order valence-corrected chi connectivity index (χ0v) is 18.6. The van der Waals surface area contributed by atoms with Gasteiger partial charge in [-0.15, -0.1) is 0 Å². The number of hydrogen-bond acceptors (Lipinski definition) is 2. The van der Waals surface area contributed by atoms with Crippen LogP contribution in [-0.4, -0.2) is 15.1 Å². The molecular formula is C23H18Br2N2O. The monoisotopic (exact) mass is 496 g/mol. The predicted octanol–water partition coefficient (Wildman–Crippen LogP) is 7.26. The normalized spacial score (nSPS) is 11.0. The van der Waals surface area contributed by atoms with Crippen LogP contribution in [0.25, 0.3) is 33.9 Å². The number of phenols is 1. The molecule has 140 valence electrons. The van der Waals surface area contributed by atoms with Crippen molar-refractivity contribution in [2.75, 3.05) is 0 Å². The Kier molecular flexibility index (Phi) is 5.13. The maximum absolute atomic E-state index is 10.1. The number of H-pyrrole nitrogens is 1. The van der Waals surface area contributed by atoms with Crippen molar-refractivity contribution in [2.45, 2.75) is 13.8 Å². The molecule has 0 amide bonds. The van der Waals surface area contributed by atoms with Crippen LogP contribution in [0.15, 0.2) is 69.6 Å². The minimum absolute atomic E-state index is 0.330. The molecule has 0 saturated heterocycles. The lowest BCUT2D eigenvalue weighted by atomic mass is 10.1. The van der Waals surface area contributed by atoms with Gasteiger partial charge in [0.2, 0.25) is 0 Å². The molecule has 0 radical (unpaired) electrons. The molecule has 0 aliphatic carbocycles. The number of nitrogens with zero attached hydrogens (tertiary/aromatic N) is 1. The number of benzene rings is 3. The predicted molar refractivity (Wildman–Crippen MR) is 121 cm³/mol. The van der Waals surface area contributed by atoms with Crippen LogP contribution in [0.5, 0.6) is 5.75 Å². The molecule has 3 nitrogen and oxygen atoms in total. The van der Waals surface area contributed by atoms with Crippen LogP contribution in [0.2, 0.25) is 0 Å². The Hall–Kier alpha value is -2.37. The van der Waals surface area contributed by atoms with E-state index < -0.39 is 0 Å². The van der Waals surface area contributed by atoms with E-state index in [4.69, 9.17) is 4.98 Å². The zero-order chi connectivity index (χ0) is 19.8. The second kappa shape index (κ2) is 7.57. The summed E-state index contributed by atoms with van der Waals surface area (Å²) in [4.78, 5) is 8.43. The van der Waals surface area contributed by atoms with E-state index in [1.165, 1.54) is 0 Å². The van der Waals surface area contributed by atoms with Crippen LogP contribution in [0.1, 0.15) is 11.1 Å². The van der Waals surface area contributed by atoms with Crippen LogP contribution in [-0.2, 0) is 0 Å². The van der Waals surface area contributed by atoms with Gasteiger partial charge in [0.1, 0.15) is 11.6 Å². The van der Waals surface area contributed by atoms with Crippen molar-refractivity contribution >= 4 is 31.9 Å². The summed E-state index contributed by atoms with van der Waals surface area (Å²) in [5.74, 6) is 1.11. The third-order valence-corrected chi connectivity index (χ3v) is 5.78. The molecular weight excluding hydrogens is 480 g/mol. The molecule has 4 aromatic rings. The second-order valence-corrected chi connectivity index (χ2v) is 8.61. The highest BCUT2D eigenvalue weighted by Gasteiger charge is 2.16. The van der Waals surface area contributed by atoms with Crippen molar-refractivity contribution in [2.24, 2.45) is 0 Å². The molecule has 0 unspecified atom stereocenters. The van der Waals surface area contributed by atoms with Crippen molar-refractivity contribution in [3.63, 3.8) is 0 Å². The van der Waals surface area contributed by atoms with Crippen LogP contribution >= 0.6 is 31.9 Å². The molecule has 0 aliphatic heterocycles. The smallest absolute Gasteiger partial charge is 0.138 e. The van der Waals surface area contributed by atoms with Gasteiger partial charge in [0.15, 0.2) is 0 Å². The van der Waals surface area contributed by atoms with Gasteiger partial charge in [-0.25, -0.2) is 4.98 Å². The third kappa shape index (κ3) is 3.64. The van der Waals surface area contributed by atoms with Gasteiger partial charge >= 0.3 is 0 Å². The summed E-state index contributed by atoms with van der Waals surface area (Å²) in [5.41, 5.74) is 6.59. The first kappa shape index (κ1) is 19.0. The number of hydrogen-bond donors (Lipinski definition) is 2. The minimum atomic E-state index is 0.330. The van der Waals surface area contributed by atoms with Gasteiger partial charge in [-0.2, -0.15) is 0 Å². The second-order valence-electron chi connectivity index (χ2n) is 6.78. The lowest BCUT2D eigenvalue weighted by Crippen LogP contribution is -1.86. The fourth-order valence-electron chi connectivity index (χ4n) is 3.24. The number of imidazole rings is 1. The highest BCUT2D eigenvalue weighted by molar-refractivity contribution is 9.10. The Bertz CT molecular complexity index is 1060. The van der Waals surface area contributed by atoms with E-state index in [-0.39, 0.29) is 0 Å². The molecule has 1 aromatic heterocycles. The standard InChI is InChI=1S/C23H18Br2N2O/c1-13-11-17(12-14(2)22(13)28)23-26-20(15-3-7-18(24)8-4-15)21(27-23)16-5-9-19(25)10-6-16/h3-12,28H,1-2H3,(H,26,27). The van der Waals surface area contributed by atoms with Crippen LogP contribution in [0.3, 0.4) is 0 Å². The SMILES string of the molecule is Cc1cc(-c2nc(-c3ccc(Br)cc3)c(-c3ccc(Br)cc3)[nH]2)cc(C)c1O. The van der Waals surface area contributed by atoms with E-state index in [2.05, 4.69) is 61.1 Å². The number of nitrogens with one attached hydrogen (secondary N) is 1. The number of aryl methyl sites for hydroxylation is 2. The first-order valence-electron chi connectivity index (χ1n) is 8.85. The molecule has 1 heterocycles. The van der Waals surface area contributed by atoms with Gasteiger partial charge in [0.05, 0.1) is 11.4 Å². The Labute approximate surface area is 180 Å². The van der Waals surface area contributed by atoms with Gasteiger partial charge in [-0.05, 0) is 61.4 Å². The summed E-state index contributed by atoms with van der Waals surface area (Å²) in [6, 6.07) is 20.2. The molecule has 0 spiro atoms. The highest BCUT2D eigenvalue weighted by atomic mass is 79.9. The third-order valence-electron chi connectivity index (χ3n) is 4.72. The molecule has 5 heteroatoms. The van der Waals surface area contributed by atoms with Crippen molar-refractivity contribution in [3.05, 3.63) is 80.7 Å². The maximum Gasteiger partial charge on any atom is 0.138 e. The Morgan fingerprint density at radius 1 is 0.750 bits per heavy atom. The lowest BCUT2D eigenvalue weighted by molar-refractivity contribution is 0.467. The van der Waals surface area contributed by atoms with E-state index in [1.807, 2.05) is 50.2 Å². The Balaban J connectivity index is 1.91. The van der Waals surface area contributed by atoms with Gasteiger partial charge in [-0.1, -0.05) is 56.1 Å². The summed E-state index contributed by atoms with van der Waals surface area (Å²) >= 11 is 7.00. The number of aromatic amines is 1. The zero-order valence-electron chi connectivity index (χ0n) is 15.4. The Morgan fingerprint density at radius 3 is 1.79 bits per heavy atom. The first-order valence-corrected chi connectivity index (χ1v) is 10.4. The van der Waals surface area contributed by atoms with Crippen molar-refractivity contribution in [3.8, 4) is 39.7 Å². The molecule has 28 heavy (non-hydrogen) atoms. The molecule has 0 aliphatic rings. The van der Waals surface area contributed by atoms with Gasteiger partial charge in [0, 0.05) is 25.6 Å². The van der Waals surface area contributed by atoms with Crippen molar-refractivity contribution in [1.82, 2.24) is 9.97 Å². The van der Waals surface area contributed by atoms with Gasteiger partial charge in [-0.3, -0.25) is 0 Å². The van der Waals surface area contributed by atoms with Crippen LogP contribution in [0.4, 0.5) is 0 Å². The van der Waals surface area contributed by atoms with E-state index in [9.17, 15) is 5.11 Å². The molecule has 4 rings (SSSR count). The largest absolute Gasteiger partial charge is 0.507 e. The molecule has 0 saturated carbocycles. The average Bonchev–Trinajstić information content (AvgIpc) is 3.12. The van der Waals surface area contributed by atoms with Gasteiger partial charge < -0.3 is 10.1 Å². The quantitative estimate of drug-likeness (QED) is 0.313. The van der Waals surface area contributed by atoms with Crippen LogP contribution in [0, 0.1) is 13.8 Å². The number of aromatic hydroxyl groups is 1. The molecule has 0 fully saturated rings. The highest BCUT2D eigenvalue weighted by Crippen LogP contribution is 2.35. The minimum Gasteiger partial charge on any atom is -0.507 e. The molecule has 0 atom stereocenters. The van der Waals surface area contributed by atoms with E-state index in [0.29, 0.717) is 5.75 Å². The number of halogens is 2. The number of rotatable bonds is 3. The van der Waals surface area contributed by atoms with E-state index >= 15 is 0 Å². The summed E-state index contributed by atoms with van der Waals surface area (Å²) < 4.78 is 2.06. The fourth-order valence-corrected chi connectivity index (χ4v) is 3.77. The summed E-state index contributed by atoms with van der Waals surface area (Å²) in [6.07, 6.45) is 0. The van der Waals surface area contributed by atoms with E-state index in [0.717, 1.165) is 54.0 Å². The topological polar surface area (TPSA) is 48.9 Å².